The predicted molar refractivity (Wildman–Crippen MR) is 125 cm³/mol. The molecule has 0 unspecified atom stereocenters. The van der Waals surface area contributed by atoms with Crippen molar-refractivity contribution in [2.45, 2.75) is 57.7 Å². The Kier molecular flexibility index (Phi) is 6.58. The van der Waals surface area contributed by atoms with Crippen LogP contribution in [0.1, 0.15) is 40.5 Å². The Labute approximate surface area is 193 Å². The molecule has 3 aromatic rings. The van der Waals surface area contributed by atoms with Crippen LogP contribution in [0, 0.1) is 11.6 Å². The van der Waals surface area contributed by atoms with Crippen molar-refractivity contribution in [3.63, 3.8) is 0 Å². The summed E-state index contributed by atoms with van der Waals surface area (Å²) in [5.74, 6) is -1.17. The van der Waals surface area contributed by atoms with Gasteiger partial charge in [0, 0.05) is 47.1 Å². The largest absolute Gasteiger partial charge is 0.355 e. The molecule has 1 aliphatic heterocycles. The van der Waals surface area contributed by atoms with Gasteiger partial charge >= 0.3 is 0 Å². The van der Waals surface area contributed by atoms with Gasteiger partial charge in [0.25, 0.3) is 0 Å². The molecule has 1 aromatic carbocycles. The molecule has 1 saturated heterocycles. The van der Waals surface area contributed by atoms with E-state index < -0.39 is 11.6 Å². The highest BCUT2D eigenvalue weighted by molar-refractivity contribution is 5.85. The van der Waals surface area contributed by atoms with Gasteiger partial charge in [-0.05, 0) is 46.6 Å². The van der Waals surface area contributed by atoms with Crippen LogP contribution in [0.15, 0.2) is 36.9 Å². The summed E-state index contributed by atoms with van der Waals surface area (Å²) in [6.45, 7) is 8.81. The summed E-state index contributed by atoms with van der Waals surface area (Å²) in [7, 11) is 2.01. The van der Waals surface area contributed by atoms with E-state index in [9.17, 15) is 8.78 Å². The summed E-state index contributed by atoms with van der Waals surface area (Å²) in [6, 6.07) is 3.33. The third-order valence-electron chi connectivity index (χ3n) is 5.88. The lowest BCUT2D eigenvalue weighted by Crippen LogP contribution is -2.62. The van der Waals surface area contributed by atoms with E-state index in [2.05, 4.69) is 58.1 Å². The first-order valence-corrected chi connectivity index (χ1v) is 10.4. The fraction of sp³-hybridized carbons (Fsp3) is 0.435. The van der Waals surface area contributed by atoms with Gasteiger partial charge in [-0.15, -0.1) is 12.4 Å². The van der Waals surface area contributed by atoms with E-state index in [1.54, 1.807) is 6.20 Å². The monoisotopic (exact) mass is 462 g/mol. The fourth-order valence-corrected chi connectivity index (χ4v) is 4.74. The average molecular weight is 463 g/mol. The molecule has 3 heterocycles. The van der Waals surface area contributed by atoms with E-state index in [1.165, 1.54) is 30.7 Å². The number of H-pyrrole nitrogens is 1. The predicted octanol–water partition coefficient (Wildman–Crippen LogP) is 4.98. The number of benzene rings is 1. The number of piperidine rings is 1. The molecule has 0 atom stereocenters. The van der Waals surface area contributed by atoms with Crippen LogP contribution in [0.4, 0.5) is 14.6 Å². The zero-order valence-corrected chi connectivity index (χ0v) is 19.7. The number of aromatic nitrogens is 4. The normalized spacial score (nSPS) is 17.6. The van der Waals surface area contributed by atoms with E-state index in [0.29, 0.717) is 17.1 Å². The van der Waals surface area contributed by atoms with Crippen LogP contribution in [0.3, 0.4) is 0 Å². The van der Waals surface area contributed by atoms with Gasteiger partial charge in [-0.1, -0.05) is 6.07 Å². The first kappa shape index (κ1) is 24.1. The van der Waals surface area contributed by atoms with Crippen molar-refractivity contribution in [2.75, 3.05) is 11.9 Å². The minimum atomic E-state index is -0.948. The van der Waals surface area contributed by atoms with E-state index >= 15 is 0 Å². The summed E-state index contributed by atoms with van der Waals surface area (Å²) < 4.78 is 29.4. The fourth-order valence-electron chi connectivity index (χ4n) is 4.74. The average Bonchev–Trinajstić information content (AvgIpc) is 3.22. The van der Waals surface area contributed by atoms with Gasteiger partial charge < -0.3 is 10.2 Å². The molecule has 2 N–H and O–H groups in total. The number of nitrogens with one attached hydrogen (secondary N) is 2. The molecule has 0 saturated carbocycles. The van der Waals surface area contributed by atoms with Crippen LogP contribution in [-0.2, 0) is 0 Å². The second-order valence-corrected chi connectivity index (χ2v) is 9.60. The molecule has 1 fully saturated rings. The van der Waals surface area contributed by atoms with Crippen molar-refractivity contribution in [1.82, 2.24) is 25.5 Å². The van der Waals surface area contributed by atoms with Crippen molar-refractivity contribution in [3.05, 3.63) is 48.6 Å². The van der Waals surface area contributed by atoms with Crippen molar-refractivity contribution in [3.8, 4) is 22.4 Å². The summed E-state index contributed by atoms with van der Waals surface area (Å²) >= 11 is 0. The number of hydrogen-bond acceptors (Lipinski definition) is 5. The number of nitrogens with zero attached hydrogens (tertiary/aromatic N) is 4. The summed E-state index contributed by atoms with van der Waals surface area (Å²) in [4.78, 5) is 11.0. The Morgan fingerprint density at radius 1 is 0.938 bits per heavy atom. The first-order chi connectivity index (χ1) is 14.6. The molecule has 32 heavy (non-hydrogen) atoms. The molecule has 9 heteroatoms. The molecule has 0 bridgehead atoms. The maximum Gasteiger partial charge on any atom is 0.168 e. The zero-order valence-electron chi connectivity index (χ0n) is 18.9. The molecule has 2 aromatic heterocycles. The highest BCUT2D eigenvalue weighted by Gasteiger charge is 2.39. The van der Waals surface area contributed by atoms with Crippen molar-refractivity contribution >= 4 is 18.2 Å². The van der Waals surface area contributed by atoms with Crippen LogP contribution in [0.2, 0.25) is 0 Å². The minimum absolute atomic E-state index is 0. The lowest BCUT2D eigenvalue weighted by Gasteiger charge is -2.49. The number of hydrogen-bond donors (Lipinski definition) is 2. The second-order valence-electron chi connectivity index (χ2n) is 9.60. The van der Waals surface area contributed by atoms with Gasteiger partial charge in [0.1, 0.15) is 5.82 Å². The van der Waals surface area contributed by atoms with Gasteiger partial charge in [-0.25, -0.2) is 13.8 Å². The Bertz CT molecular complexity index is 1050. The lowest BCUT2D eigenvalue weighted by atomic mass is 9.79. The van der Waals surface area contributed by atoms with Crippen LogP contribution >= 0.6 is 12.4 Å². The Morgan fingerprint density at radius 3 is 2.12 bits per heavy atom. The van der Waals surface area contributed by atoms with Crippen LogP contribution in [-0.4, -0.2) is 44.3 Å². The molecule has 6 nitrogen and oxygen atoms in total. The molecule has 4 rings (SSSR count). The topological polar surface area (TPSA) is 69.7 Å². The molecule has 172 valence electrons. The standard InChI is InChI=1S/C23H28F2N6.ClH/c1-22(2)8-15(9-23(3,4)30-22)31(5)19-13-26-18(12-27-19)17-7-6-16(20(24)21(17)25)14-10-28-29-11-14;/h6-7,10-13,15,30H,8-9H2,1-5H3,(H,28,29);1H. The van der Waals surface area contributed by atoms with Gasteiger partial charge in [0.05, 0.1) is 24.3 Å². The second kappa shape index (κ2) is 8.75. The number of halogens is 3. The van der Waals surface area contributed by atoms with Crippen molar-refractivity contribution in [2.24, 2.45) is 0 Å². The third-order valence-corrected chi connectivity index (χ3v) is 5.88. The van der Waals surface area contributed by atoms with E-state index in [1.807, 2.05) is 7.05 Å². The summed E-state index contributed by atoms with van der Waals surface area (Å²) in [5.41, 5.74) is 1.01. The summed E-state index contributed by atoms with van der Waals surface area (Å²) in [5, 5.41) is 10.1. The van der Waals surface area contributed by atoms with Crippen LogP contribution in [0.25, 0.3) is 22.4 Å². The van der Waals surface area contributed by atoms with Crippen molar-refractivity contribution < 1.29 is 8.78 Å². The maximum absolute atomic E-state index is 14.8. The first-order valence-electron chi connectivity index (χ1n) is 10.4. The summed E-state index contributed by atoms with van der Waals surface area (Å²) in [6.07, 6.45) is 8.02. The molecule has 0 aliphatic carbocycles. The molecule has 0 radical (unpaired) electrons. The number of aromatic amines is 1. The van der Waals surface area contributed by atoms with Crippen molar-refractivity contribution in [1.29, 1.82) is 0 Å². The zero-order chi connectivity index (χ0) is 22.4. The quantitative estimate of drug-likeness (QED) is 0.572. The molecule has 1 aliphatic rings. The minimum Gasteiger partial charge on any atom is -0.355 e. The highest BCUT2D eigenvalue weighted by Crippen LogP contribution is 2.33. The SMILES string of the molecule is CN(c1cnc(-c2ccc(-c3cn[nH]c3)c(F)c2F)cn1)C1CC(C)(C)NC(C)(C)C1.Cl. The highest BCUT2D eigenvalue weighted by atomic mass is 35.5. The van der Waals surface area contributed by atoms with Gasteiger partial charge in [0.2, 0.25) is 0 Å². The van der Waals surface area contributed by atoms with Crippen LogP contribution in [0.5, 0.6) is 0 Å². The van der Waals surface area contributed by atoms with E-state index in [4.69, 9.17) is 0 Å². The molecular weight excluding hydrogens is 434 g/mol. The Balaban J connectivity index is 0.00000289. The van der Waals surface area contributed by atoms with Crippen LogP contribution < -0.4 is 10.2 Å². The van der Waals surface area contributed by atoms with E-state index in [0.717, 1.165) is 12.8 Å². The number of rotatable bonds is 4. The third kappa shape index (κ3) is 4.76. The van der Waals surface area contributed by atoms with Gasteiger partial charge in [-0.3, -0.25) is 10.1 Å². The smallest absolute Gasteiger partial charge is 0.168 e. The number of anilines is 1. The molecule has 0 amide bonds. The van der Waals surface area contributed by atoms with Gasteiger partial charge in [0.15, 0.2) is 11.6 Å². The molecular formula is C23H29ClF2N6. The lowest BCUT2D eigenvalue weighted by molar-refractivity contribution is 0.160. The maximum atomic E-state index is 14.8. The Hall–Kier alpha value is -2.58. The van der Waals surface area contributed by atoms with Gasteiger partial charge in [-0.2, -0.15) is 5.10 Å². The Morgan fingerprint density at radius 2 is 1.56 bits per heavy atom. The molecule has 0 spiro atoms. The van der Waals surface area contributed by atoms with E-state index in [-0.39, 0.29) is 40.7 Å².